The zero-order chi connectivity index (χ0) is 12.0. The zero-order valence-corrected chi connectivity index (χ0v) is 11.2. The van der Waals surface area contributed by atoms with Crippen LogP contribution in [0.2, 0.25) is 0 Å². The molecule has 0 aliphatic heterocycles. The molecule has 16 heavy (non-hydrogen) atoms. The Kier molecular flexibility index (Phi) is 6.32. The minimum absolute atomic E-state index is 0.129. The van der Waals surface area contributed by atoms with Gasteiger partial charge in [0, 0.05) is 19.6 Å². The molecule has 0 spiro atoms. The highest BCUT2D eigenvalue weighted by Crippen LogP contribution is 2.28. The van der Waals surface area contributed by atoms with Crippen molar-refractivity contribution in [3.05, 3.63) is 0 Å². The van der Waals surface area contributed by atoms with Crippen LogP contribution in [0, 0.1) is 5.92 Å². The van der Waals surface area contributed by atoms with Crippen LogP contribution in [0.4, 0.5) is 0 Å². The Morgan fingerprint density at radius 1 is 1.12 bits per heavy atom. The van der Waals surface area contributed by atoms with Gasteiger partial charge in [-0.2, -0.15) is 0 Å². The lowest BCUT2D eigenvalue weighted by Crippen LogP contribution is -2.35. The van der Waals surface area contributed by atoms with Crippen molar-refractivity contribution in [3.8, 4) is 0 Å². The molecule has 96 valence electrons. The molecule has 1 aliphatic rings. The van der Waals surface area contributed by atoms with Crippen LogP contribution in [0.3, 0.4) is 0 Å². The molecule has 1 rings (SSSR count). The minimum Gasteiger partial charge on any atom is -0.392 e. The van der Waals surface area contributed by atoms with Gasteiger partial charge < -0.3 is 14.9 Å². The van der Waals surface area contributed by atoms with Crippen molar-refractivity contribution in [1.29, 1.82) is 0 Å². The summed E-state index contributed by atoms with van der Waals surface area (Å²) in [6.07, 6.45) is 6.28. The molecule has 0 aromatic heterocycles. The van der Waals surface area contributed by atoms with Crippen molar-refractivity contribution < 1.29 is 5.11 Å². The Hall–Kier alpha value is -0.120. The van der Waals surface area contributed by atoms with E-state index in [2.05, 4.69) is 30.9 Å². The Morgan fingerprint density at radius 2 is 1.75 bits per heavy atom. The lowest BCUT2D eigenvalue weighted by molar-refractivity contribution is 0.0992. The molecule has 1 fully saturated rings. The fourth-order valence-electron chi connectivity index (χ4n) is 2.53. The second-order valence-electron chi connectivity index (χ2n) is 5.61. The van der Waals surface area contributed by atoms with Crippen molar-refractivity contribution in [2.75, 3.05) is 40.8 Å². The maximum Gasteiger partial charge on any atom is 0.0669 e. The molecule has 0 aromatic rings. The second kappa shape index (κ2) is 7.25. The molecule has 1 N–H and O–H groups in total. The number of hydrogen-bond donors (Lipinski definition) is 1. The molecule has 0 bridgehead atoms. The zero-order valence-electron chi connectivity index (χ0n) is 11.2. The topological polar surface area (TPSA) is 26.7 Å². The van der Waals surface area contributed by atoms with E-state index in [9.17, 15) is 5.11 Å². The summed E-state index contributed by atoms with van der Waals surface area (Å²) < 4.78 is 0. The van der Waals surface area contributed by atoms with Gasteiger partial charge >= 0.3 is 0 Å². The highest BCUT2D eigenvalue weighted by molar-refractivity contribution is 4.72. The van der Waals surface area contributed by atoms with E-state index in [-0.39, 0.29) is 6.10 Å². The van der Waals surface area contributed by atoms with Crippen LogP contribution in [0.1, 0.15) is 32.1 Å². The molecule has 3 heteroatoms. The van der Waals surface area contributed by atoms with Crippen LogP contribution >= 0.6 is 0 Å². The van der Waals surface area contributed by atoms with Crippen LogP contribution in [0.15, 0.2) is 0 Å². The smallest absolute Gasteiger partial charge is 0.0669 e. The maximum atomic E-state index is 9.99. The Balaban J connectivity index is 2.09. The summed E-state index contributed by atoms with van der Waals surface area (Å²) in [4.78, 5) is 4.42. The normalized spacial score (nSPS) is 19.9. The number of aliphatic hydroxyl groups excluding tert-OH is 1. The minimum atomic E-state index is -0.129. The van der Waals surface area contributed by atoms with E-state index in [1.165, 1.54) is 25.7 Å². The average molecular weight is 228 g/mol. The SMILES string of the molecule is CN(C)CCN(C)CC(O)CC1CCCC1. The third kappa shape index (κ3) is 5.83. The van der Waals surface area contributed by atoms with E-state index in [0.29, 0.717) is 0 Å². The predicted molar refractivity (Wildman–Crippen MR) is 68.6 cm³/mol. The molecule has 0 aromatic carbocycles. The van der Waals surface area contributed by atoms with E-state index < -0.39 is 0 Å². The highest BCUT2D eigenvalue weighted by atomic mass is 16.3. The van der Waals surface area contributed by atoms with E-state index in [1.54, 1.807) is 0 Å². The van der Waals surface area contributed by atoms with Gasteiger partial charge in [0.05, 0.1) is 6.10 Å². The van der Waals surface area contributed by atoms with Crippen molar-refractivity contribution in [2.24, 2.45) is 5.92 Å². The predicted octanol–water partition coefficient (Wildman–Crippen LogP) is 1.42. The highest BCUT2D eigenvalue weighted by Gasteiger charge is 2.19. The first-order valence-electron chi connectivity index (χ1n) is 6.59. The van der Waals surface area contributed by atoms with Crippen molar-refractivity contribution in [3.63, 3.8) is 0 Å². The van der Waals surface area contributed by atoms with Gasteiger partial charge in [0.15, 0.2) is 0 Å². The molecule has 0 radical (unpaired) electrons. The third-order valence-electron chi connectivity index (χ3n) is 3.53. The van der Waals surface area contributed by atoms with E-state index in [4.69, 9.17) is 0 Å². The molecule has 1 unspecified atom stereocenters. The molecular formula is C13H28N2O. The fraction of sp³-hybridized carbons (Fsp3) is 1.00. The molecule has 1 saturated carbocycles. The van der Waals surface area contributed by atoms with Crippen molar-refractivity contribution in [1.82, 2.24) is 9.80 Å². The summed E-state index contributed by atoms with van der Waals surface area (Å²) in [5.74, 6) is 0.789. The summed E-state index contributed by atoms with van der Waals surface area (Å²) in [6, 6.07) is 0. The van der Waals surface area contributed by atoms with E-state index in [0.717, 1.165) is 32.0 Å². The van der Waals surface area contributed by atoms with Gasteiger partial charge in [0.25, 0.3) is 0 Å². The van der Waals surface area contributed by atoms with Gasteiger partial charge in [-0.3, -0.25) is 0 Å². The standard InChI is InChI=1S/C13H28N2O/c1-14(2)8-9-15(3)11-13(16)10-12-6-4-5-7-12/h12-13,16H,4-11H2,1-3H3. The van der Waals surface area contributed by atoms with Crippen molar-refractivity contribution in [2.45, 2.75) is 38.2 Å². The number of nitrogens with zero attached hydrogens (tertiary/aromatic N) is 2. The molecule has 0 heterocycles. The number of hydrogen-bond acceptors (Lipinski definition) is 3. The maximum absolute atomic E-state index is 9.99. The number of rotatable bonds is 7. The summed E-state index contributed by atoms with van der Waals surface area (Å²) in [5, 5.41) is 9.99. The molecule has 1 aliphatic carbocycles. The first-order valence-corrected chi connectivity index (χ1v) is 6.59. The number of likely N-dealkylation sites (N-methyl/N-ethyl adjacent to an activating group) is 2. The largest absolute Gasteiger partial charge is 0.392 e. The van der Waals surface area contributed by atoms with Gasteiger partial charge in [0.1, 0.15) is 0 Å². The van der Waals surface area contributed by atoms with Gasteiger partial charge in [-0.1, -0.05) is 25.7 Å². The van der Waals surface area contributed by atoms with Gasteiger partial charge in [0.2, 0.25) is 0 Å². The Labute approximate surface area is 100 Å². The van der Waals surface area contributed by atoms with Gasteiger partial charge in [-0.25, -0.2) is 0 Å². The second-order valence-corrected chi connectivity index (χ2v) is 5.61. The fourth-order valence-corrected chi connectivity index (χ4v) is 2.53. The molecular weight excluding hydrogens is 200 g/mol. The quantitative estimate of drug-likeness (QED) is 0.714. The summed E-state index contributed by atoms with van der Waals surface area (Å²) in [5.41, 5.74) is 0. The molecule has 0 amide bonds. The molecule has 0 saturated heterocycles. The summed E-state index contributed by atoms with van der Waals surface area (Å²) >= 11 is 0. The monoisotopic (exact) mass is 228 g/mol. The van der Waals surface area contributed by atoms with Gasteiger partial charge in [-0.05, 0) is 33.5 Å². The van der Waals surface area contributed by atoms with Crippen molar-refractivity contribution >= 4 is 0 Å². The van der Waals surface area contributed by atoms with Crippen LogP contribution < -0.4 is 0 Å². The first kappa shape index (κ1) is 13.9. The lowest BCUT2D eigenvalue weighted by atomic mass is 10.00. The van der Waals surface area contributed by atoms with Crippen LogP contribution in [0.5, 0.6) is 0 Å². The van der Waals surface area contributed by atoms with Crippen LogP contribution in [-0.4, -0.2) is 61.8 Å². The third-order valence-corrected chi connectivity index (χ3v) is 3.53. The van der Waals surface area contributed by atoms with Gasteiger partial charge in [-0.15, -0.1) is 0 Å². The number of aliphatic hydroxyl groups is 1. The molecule has 1 atom stereocenters. The van der Waals surface area contributed by atoms with Crippen LogP contribution in [0.25, 0.3) is 0 Å². The summed E-state index contributed by atoms with van der Waals surface area (Å²) in [6.45, 7) is 2.92. The first-order chi connectivity index (χ1) is 7.58. The van der Waals surface area contributed by atoms with Crippen LogP contribution in [-0.2, 0) is 0 Å². The summed E-state index contributed by atoms with van der Waals surface area (Å²) in [7, 11) is 6.27. The molecule has 3 nitrogen and oxygen atoms in total. The Bertz CT molecular complexity index is 179. The average Bonchev–Trinajstić information content (AvgIpc) is 2.67. The Morgan fingerprint density at radius 3 is 2.31 bits per heavy atom. The lowest BCUT2D eigenvalue weighted by Gasteiger charge is -2.23. The van der Waals surface area contributed by atoms with E-state index in [1.807, 2.05) is 0 Å². The van der Waals surface area contributed by atoms with E-state index >= 15 is 0 Å².